The first-order chi connectivity index (χ1) is 12.8. The Morgan fingerprint density at radius 1 is 1.04 bits per heavy atom. The van der Waals surface area contributed by atoms with Crippen LogP contribution < -0.4 is 9.47 Å². The van der Waals surface area contributed by atoms with E-state index in [0.717, 1.165) is 39.5 Å². The molecule has 0 aliphatic heterocycles. The normalized spacial score (nSPS) is 13.6. The highest BCUT2D eigenvalue weighted by atomic mass is 32.2. The second-order valence-corrected chi connectivity index (χ2v) is 7.19. The fourth-order valence-electron chi connectivity index (χ4n) is 2.94. The third-order valence-electron chi connectivity index (χ3n) is 4.46. The highest BCUT2D eigenvalue weighted by Gasteiger charge is 2.31. The molecule has 0 N–H and O–H groups in total. The Labute approximate surface area is 157 Å². The molecule has 0 saturated heterocycles. The van der Waals surface area contributed by atoms with Gasteiger partial charge >= 0.3 is 0 Å². The maximum absolute atomic E-state index is 5.49. The van der Waals surface area contributed by atoms with Crippen molar-refractivity contribution < 1.29 is 9.47 Å². The second kappa shape index (κ2) is 7.41. The number of methoxy groups -OCH3 is 2. The lowest BCUT2D eigenvalue weighted by Gasteiger charge is -2.12. The van der Waals surface area contributed by atoms with E-state index in [4.69, 9.17) is 9.47 Å². The van der Waals surface area contributed by atoms with E-state index >= 15 is 0 Å². The minimum absolute atomic E-state index is 0.531. The summed E-state index contributed by atoms with van der Waals surface area (Å²) in [5.41, 5.74) is 2.19. The van der Waals surface area contributed by atoms with Gasteiger partial charge < -0.3 is 9.47 Å². The number of para-hydroxylation sites is 1. The Hall–Kier alpha value is -2.47. The van der Waals surface area contributed by atoms with Gasteiger partial charge in [-0.05, 0) is 43.2 Å². The van der Waals surface area contributed by atoms with Crippen molar-refractivity contribution in [1.82, 2.24) is 14.8 Å². The van der Waals surface area contributed by atoms with Crippen molar-refractivity contribution in [2.45, 2.75) is 29.7 Å². The molecule has 0 spiro atoms. The van der Waals surface area contributed by atoms with Crippen molar-refractivity contribution >= 4 is 11.8 Å². The molecule has 26 heavy (non-hydrogen) atoms. The van der Waals surface area contributed by atoms with Crippen LogP contribution in [0.15, 0.2) is 53.7 Å². The van der Waals surface area contributed by atoms with E-state index in [1.165, 1.54) is 12.8 Å². The molecular weight excluding hydrogens is 346 g/mol. The van der Waals surface area contributed by atoms with Crippen molar-refractivity contribution in [2.75, 3.05) is 14.2 Å². The maximum atomic E-state index is 5.49. The van der Waals surface area contributed by atoms with Crippen LogP contribution in [0.3, 0.4) is 0 Å². The second-order valence-electron chi connectivity index (χ2n) is 6.25. The minimum Gasteiger partial charge on any atom is -0.497 e. The quantitative estimate of drug-likeness (QED) is 0.577. The number of ether oxygens (including phenoxy) is 2. The highest BCUT2D eigenvalue weighted by Crippen LogP contribution is 2.41. The predicted molar refractivity (Wildman–Crippen MR) is 102 cm³/mol. The van der Waals surface area contributed by atoms with E-state index in [1.54, 1.807) is 26.0 Å². The van der Waals surface area contributed by atoms with Gasteiger partial charge in [-0.2, -0.15) is 0 Å². The van der Waals surface area contributed by atoms with Crippen molar-refractivity contribution in [3.63, 3.8) is 0 Å². The van der Waals surface area contributed by atoms with Gasteiger partial charge in [0.15, 0.2) is 5.16 Å². The van der Waals surface area contributed by atoms with Gasteiger partial charge in [0.2, 0.25) is 0 Å². The summed E-state index contributed by atoms with van der Waals surface area (Å²) in [6.07, 6.45) is 2.39. The Kier molecular flexibility index (Phi) is 4.84. The number of hydrogen-bond donors (Lipinski definition) is 0. The van der Waals surface area contributed by atoms with Crippen LogP contribution in [0.1, 0.15) is 30.1 Å². The molecule has 0 atom stereocenters. The summed E-state index contributed by atoms with van der Waals surface area (Å²) in [6.45, 7) is 0. The average Bonchev–Trinajstić information content (AvgIpc) is 3.46. The summed E-state index contributed by atoms with van der Waals surface area (Å²) in [6, 6.07) is 16.2. The molecule has 0 unspecified atom stereocenters. The molecule has 2 aromatic carbocycles. The SMILES string of the molecule is COc1ccc(OC)c(CSc2nnc(C3CC3)n2-c2ccccc2)c1. The van der Waals surface area contributed by atoms with Crippen LogP contribution in [0.5, 0.6) is 11.5 Å². The van der Waals surface area contributed by atoms with Crippen molar-refractivity contribution in [3.8, 4) is 17.2 Å². The molecule has 1 aliphatic rings. The van der Waals surface area contributed by atoms with E-state index in [9.17, 15) is 0 Å². The molecule has 134 valence electrons. The zero-order valence-corrected chi connectivity index (χ0v) is 15.7. The predicted octanol–water partition coefficient (Wildman–Crippen LogP) is 4.45. The van der Waals surface area contributed by atoms with Gasteiger partial charge in [-0.15, -0.1) is 10.2 Å². The summed E-state index contributed by atoms with van der Waals surface area (Å²) in [7, 11) is 3.36. The van der Waals surface area contributed by atoms with E-state index < -0.39 is 0 Å². The number of thioether (sulfide) groups is 1. The van der Waals surface area contributed by atoms with E-state index in [2.05, 4.69) is 26.9 Å². The zero-order chi connectivity index (χ0) is 17.9. The summed E-state index contributed by atoms with van der Waals surface area (Å²) < 4.78 is 13.0. The summed E-state index contributed by atoms with van der Waals surface area (Å²) in [5.74, 6) is 4.01. The fourth-order valence-corrected chi connectivity index (χ4v) is 3.87. The van der Waals surface area contributed by atoms with Gasteiger partial charge in [-0.25, -0.2) is 0 Å². The molecule has 6 heteroatoms. The molecule has 1 fully saturated rings. The molecule has 0 radical (unpaired) electrons. The molecule has 4 rings (SSSR count). The van der Waals surface area contributed by atoms with Gasteiger partial charge in [-0.1, -0.05) is 30.0 Å². The summed E-state index contributed by atoms with van der Waals surface area (Å²) >= 11 is 1.66. The molecule has 5 nitrogen and oxygen atoms in total. The topological polar surface area (TPSA) is 49.2 Å². The van der Waals surface area contributed by atoms with Gasteiger partial charge in [0.25, 0.3) is 0 Å². The van der Waals surface area contributed by atoms with Crippen LogP contribution in [-0.4, -0.2) is 29.0 Å². The van der Waals surface area contributed by atoms with E-state index in [-0.39, 0.29) is 0 Å². The molecule has 0 amide bonds. The van der Waals surface area contributed by atoms with Gasteiger partial charge in [-0.3, -0.25) is 4.57 Å². The Bertz CT molecular complexity index is 891. The first-order valence-electron chi connectivity index (χ1n) is 8.64. The Morgan fingerprint density at radius 3 is 2.54 bits per heavy atom. The lowest BCUT2D eigenvalue weighted by molar-refractivity contribution is 0.400. The standard InChI is InChI=1S/C20H21N3O2S/c1-24-17-10-11-18(25-2)15(12-17)13-26-20-22-21-19(14-8-9-14)23(20)16-6-4-3-5-7-16/h3-7,10-12,14H,8-9,13H2,1-2H3. The number of hydrogen-bond acceptors (Lipinski definition) is 5. The van der Waals surface area contributed by atoms with Crippen molar-refractivity contribution in [3.05, 3.63) is 59.9 Å². The van der Waals surface area contributed by atoms with Crippen LogP contribution in [0.25, 0.3) is 5.69 Å². The monoisotopic (exact) mass is 367 g/mol. The lowest BCUT2D eigenvalue weighted by atomic mass is 10.2. The first kappa shape index (κ1) is 17.0. The smallest absolute Gasteiger partial charge is 0.196 e. The maximum Gasteiger partial charge on any atom is 0.196 e. The molecular formula is C20H21N3O2S. The molecule has 1 aliphatic carbocycles. The van der Waals surface area contributed by atoms with Crippen molar-refractivity contribution in [1.29, 1.82) is 0 Å². The number of nitrogens with zero attached hydrogens (tertiary/aromatic N) is 3. The van der Waals surface area contributed by atoms with Gasteiger partial charge in [0, 0.05) is 22.9 Å². The number of benzene rings is 2. The van der Waals surface area contributed by atoms with Crippen LogP contribution in [0.4, 0.5) is 0 Å². The number of rotatable bonds is 7. The van der Waals surface area contributed by atoms with E-state index in [1.807, 2.05) is 36.4 Å². The fraction of sp³-hybridized carbons (Fsp3) is 0.300. The van der Waals surface area contributed by atoms with Crippen molar-refractivity contribution in [2.24, 2.45) is 0 Å². The molecule has 1 aromatic heterocycles. The minimum atomic E-state index is 0.531. The summed E-state index contributed by atoms with van der Waals surface area (Å²) in [5, 5.41) is 9.86. The largest absolute Gasteiger partial charge is 0.497 e. The van der Waals surface area contributed by atoms with Crippen LogP contribution >= 0.6 is 11.8 Å². The zero-order valence-electron chi connectivity index (χ0n) is 14.9. The van der Waals surface area contributed by atoms with Gasteiger partial charge in [0.05, 0.1) is 14.2 Å². The van der Waals surface area contributed by atoms with E-state index in [0.29, 0.717) is 5.92 Å². The Balaban J connectivity index is 1.63. The summed E-state index contributed by atoms with van der Waals surface area (Å²) in [4.78, 5) is 0. The van der Waals surface area contributed by atoms with Crippen LogP contribution in [0.2, 0.25) is 0 Å². The Morgan fingerprint density at radius 2 is 1.85 bits per heavy atom. The third kappa shape index (κ3) is 3.42. The first-order valence-corrected chi connectivity index (χ1v) is 9.63. The molecule has 0 bridgehead atoms. The molecule has 3 aromatic rings. The molecule has 1 saturated carbocycles. The highest BCUT2D eigenvalue weighted by molar-refractivity contribution is 7.98. The average molecular weight is 367 g/mol. The van der Waals surface area contributed by atoms with Gasteiger partial charge in [0.1, 0.15) is 17.3 Å². The number of aromatic nitrogens is 3. The third-order valence-corrected chi connectivity index (χ3v) is 5.44. The molecule has 1 heterocycles. The van der Waals surface area contributed by atoms with Crippen LogP contribution in [-0.2, 0) is 5.75 Å². The lowest BCUT2D eigenvalue weighted by Crippen LogP contribution is -2.01. The van der Waals surface area contributed by atoms with Crippen LogP contribution in [0, 0.1) is 0 Å².